The fraction of sp³-hybridized carbons (Fsp3) is 0.348. The molecule has 0 spiro atoms. The molecule has 5 heteroatoms. The van der Waals surface area contributed by atoms with Gasteiger partial charge in [0.25, 0.3) is 0 Å². The van der Waals surface area contributed by atoms with Gasteiger partial charge in [-0.15, -0.1) is 0 Å². The van der Waals surface area contributed by atoms with Gasteiger partial charge in [-0.05, 0) is 49.9 Å². The number of carboxylic acids is 1. The van der Waals surface area contributed by atoms with Gasteiger partial charge in [-0.25, -0.2) is 14.8 Å². The van der Waals surface area contributed by atoms with Crippen LogP contribution in [0, 0.1) is 5.41 Å². The van der Waals surface area contributed by atoms with Crippen molar-refractivity contribution in [2.24, 2.45) is 15.4 Å². The Morgan fingerprint density at radius 2 is 1.64 bits per heavy atom. The van der Waals surface area contributed by atoms with Crippen molar-refractivity contribution in [3.8, 4) is 5.75 Å². The lowest BCUT2D eigenvalue weighted by Gasteiger charge is -2.29. The molecule has 28 heavy (non-hydrogen) atoms. The van der Waals surface area contributed by atoms with Crippen molar-refractivity contribution in [1.82, 2.24) is 0 Å². The summed E-state index contributed by atoms with van der Waals surface area (Å²) in [5, 5.41) is 9.48. The van der Waals surface area contributed by atoms with Gasteiger partial charge in [-0.3, -0.25) is 0 Å². The maximum atomic E-state index is 11.6. The Kier molecular flexibility index (Phi) is 5.11. The molecule has 0 saturated carbocycles. The molecular formula is C23H26N2O3. The first-order valence-electron chi connectivity index (χ1n) is 9.34. The molecule has 0 atom stereocenters. The average molecular weight is 378 g/mol. The molecular weight excluding hydrogens is 352 g/mol. The van der Waals surface area contributed by atoms with Gasteiger partial charge in [0.05, 0.1) is 16.8 Å². The summed E-state index contributed by atoms with van der Waals surface area (Å²) in [6, 6.07) is 14.3. The second-order valence-electron chi connectivity index (χ2n) is 8.85. The summed E-state index contributed by atoms with van der Waals surface area (Å²) < 4.78 is 6.01. The predicted octanol–water partition coefficient (Wildman–Crippen LogP) is 5.51. The molecule has 1 aliphatic heterocycles. The quantitative estimate of drug-likeness (QED) is 0.762. The van der Waals surface area contributed by atoms with Crippen molar-refractivity contribution in [1.29, 1.82) is 0 Å². The van der Waals surface area contributed by atoms with Crippen LogP contribution in [0.5, 0.6) is 5.75 Å². The molecule has 5 nitrogen and oxygen atoms in total. The molecule has 2 aromatic carbocycles. The van der Waals surface area contributed by atoms with E-state index < -0.39 is 5.97 Å². The summed E-state index contributed by atoms with van der Waals surface area (Å²) in [6.45, 7) is 10.7. The molecule has 0 radical (unpaired) electrons. The lowest BCUT2D eigenvalue weighted by atomic mass is 9.82. The smallest absolute Gasteiger partial charge is 0.337 e. The van der Waals surface area contributed by atoms with Crippen molar-refractivity contribution >= 4 is 23.3 Å². The van der Waals surface area contributed by atoms with Crippen LogP contribution in [0.4, 0.5) is 5.69 Å². The largest absolute Gasteiger partial charge is 0.478 e. The van der Waals surface area contributed by atoms with Gasteiger partial charge >= 0.3 is 5.97 Å². The molecule has 1 heterocycles. The first kappa shape index (κ1) is 19.8. The van der Waals surface area contributed by atoms with E-state index >= 15 is 0 Å². The molecule has 0 aromatic heterocycles. The monoisotopic (exact) mass is 378 g/mol. The number of rotatable bonds is 4. The van der Waals surface area contributed by atoms with Gasteiger partial charge in [0, 0.05) is 5.56 Å². The summed E-state index contributed by atoms with van der Waals surface area (Å²) in [5.74, 6) is 0.0914. The topological polar surface area (TPSA) is 71.2 Å². The summed E-state index contributed by atoms with van der Waals surface area (Å²) >= 11 is 0. The zero-order valence-corrected chi connectivity index (χ0v) is 17.0. The van der Waals surface area contributed by atoms with E-state index in [9.17, 15) is 9.90 Å². The molecule has 0 saturated heterocycles. The molecule has 1 N–H and O–H groups in total. The van der Waals surface area contributed by atoms with E-state index in [1.54, 1.807) is 24.3 Å². The third-order valence-corrected chi connectivity index (χ3v) is 4.29. The standard InChI is InChI=1S/C23H26N2O3/c1-22(2,3)14-23(4,5)25-20-19(16-11-7-9-13-18(16)28-20)24-17-12-8-6-10-15(17)21(26)27/h6-13H,14H2,1-5H3,(H,26,27). The normalized spacial score (nSPS) is 16.9. The highest BCUT2D eigenvalue weighted by molar-refractivity contribution is 6.49. The van der Waals surface area contributed by atoms with Crippen LogP contribution in [0.1, 0.15) is 57.0 Å². The number of nitrogens with zero attached hydrogens (tertiary/aromatic N) is 2. The van der Waals surface area contributed by atoms with E-state index in [1.165, 1.54) is 0 Å². The van der Waals surface area contributed by atoms with Crippen LogP contribution in [-0.4, -0.2) is 28.2 Å². The Morgan fingerprint density at radius 1 is 1.00 bits per heavy atom. The van der Waals surface area contributed by atoms with Gasteiger partial charge in [-0.2, -0.15) is 0 Å². The minimum absolute atomic E-state index is 0.103. The number of carbonyl (C=O) groups is 1. The van der Waals surface area contributed by atoms with Crippen LogP contribution >= 0.6 is 0 Å². The maximum Gasteiger partial charge on any atom is 0.337 e. The SMILES string of the molecule is CC(C)(C)CC(C)(C)N=C1Oc2ccccc2C1=Nc1ccccc1C(=O)O. The molecule has 0 bridgehead atoms. The molecule has 0 aliphatic carbocycles. The minimum Gasteiger partial charge on any atom is -0.478 e. The highest BCUT2D eigenvalue weighted by Crippen LogP contribution is 2.33. The number of carboxylic acid groups (broad SMARTS) is 1. The van der Waals surface area contributed by atoms with Crippen LogP contribution < -0.4 is 4.74 Å². The summed E-state index contributed by atoms with van der Waals surface area (Å²) in [5.41, 5.74) is 1.65. The van der Waals surface area contributed by atoms with Crippen LogP contribution in [0.3, 0.4) is 0 Å². The van der Waals surface area contributed by atoms with E-state index in [1.807, 2.05) is 24.3 Å². The van der Waals surface area contributed by atoms with E-state index in [0.717, 1.165) is 12.0 Å². The van der Waals surface area contributed by atoms with Crippen molar-refractivity contribution in [2.45, 2.75) is 46.6 Å². The van der Waals surface area contributed by atoms with Gasteiger partial charge < -0.3 is 9.84 Å². The number of hydrogen-bond donors (Lipinski definition) is 1. The number of aliphatic imine (C=N–C) groups is 2. The molecule has 0 unspecified atom stereocenters. The van der Waals surface area contributed by atoms with Gasteiger partial charge in [-0.1, -0.05) is 45.0 Å². The Bertz CT molecular complexity index is 966. The number of benzene rings is 2. The van der Waals surface area contributed by atoms with Crippen LogP contribution in [0.15, 0.2) is 58.5 Å². The third kappa shape index (κ3) is 4.47. The first-order valence-corrected chi connectivity index (χ1v) is 9.34. The van der Waals surface area contributed by atoms with Crippen molar-refractivity contribution in [3.63, 3.8) is 0 Å². The highest BCUT2D eigenvalue weighted by Gasteiger charge is 2.32. The number of hydrogen-bond acceptors (Lipinski definition) is 4. The zero-order chi connectivity index (χ0) is 20.5. The first-order chi connectivity index (χ1) is 13.1. The Labute approximate surface area is 165 Å². The fourth-order valence-electron chi connectivity index (χ4n) is 3.69. The number of para-hydroxylation sites is 2. The second kappa shape index (κ2) is 7.23. The van der Waals surface area contributed by atoms with Crippen LogP contribution in [0.2, 0.25) is 0 Å². The third-order valence-electron chi connectivity index (χ3n) is 4.29. The van der Waals surface area contributed by atoms with E-state index in [2.05, 4.69) is 39.6 Å². The van der Waals surface area contributed by atoms with Gasteiger partial charge in [0.2, 0.25) is 5.90 Å². The number of fused-ring (bicyclic) bond motifs is 1. The molecule has 3 rings (SSSR count). The van der Waals surface area contributed by atoms with Crippen LogP contribution in [-0.2, 0) is 0 Å². The van der Waals surface area contributed by atoms with Crippen molar-refractivity contribution in [2.75, 3.05) is 0 Å². The minimum atomic E-state index is -1.02. The Hall–Kier alpha value is -2.95. The lowest BCUT2D eigenvalue weighted by molar-refractivity contribution is 0.0698. The number of ether oxygens (including phenoxy) is 1. The molecule has 0 amide bonds. The fourth-order valence-corrected chi connectivity index (χ4v) is 3.69. The Morgan fingerprint density at radius 3 is 2.32 bits per heavy atom. The average Bonchev–Trinajstić information content (AvgIpc) is 2.89. The number of aromatic carboxylic acids is 1. The van der Waals surface area contributed by atoms with E-state index in [-0.39, 0.29) is 16.5 Å². The predicted molar refractivity (Wildman–Crippen MR) is 112 cm³/mol. The Balaban J connectivity index is 2.12. The van der Waals surface area contributed by atoms with Crippen molar-refractivity contribution in [3.05, 3.63) is 59.7 Å². The van der Waals surface area contributed by atoms with Crippen LogP contribution in [0.25, 0.3) is 0 Å². The van der Waals surface area contributed by atoms with E-state index in [0.29, 0.717) is 23.0 Å². The highest BCUT2D eigenvalue weighted by atomic mass is 16.5. The molecule has 2 aromatic rings. The summed E-state index contributed by atoms with van der Waals surface area (Å²) in [4.78, 5) is 21.1. The summed E-state index contributed by atoms with van der Waals surface area (Å²) in [6.07, 6.45) is 0.863. The zero-order valence-electron chi connectivity index (χ0n) is 17.0. The molecule has 146 valence electrons. The summed E-state index contributed by atoms with van der Waals surface area (Å²) in [7, 11) is 0. The second-order valence-corrected chi connectivity index (χ2v) is 8.85. The molecule has 1 aliphatic rings. The van der Waals surface area contributed by atoms with Gasteiger partial charge in [0.15, 0.2) is 0 Å². The maximum absolute atomic E-state index is 11.6. The van der Waals surface area contributed by atoms with E-state index in [4.69, 9.17) is 9.73 Å². The van der Waals surface area contributed by atoms with Gasteiger partial charge in [0.1, 0.15) is 11.5 Å². The lowest BCUT2D eigenvalue weighted by Crippen LogP contribution is -2.29. The molecule has 0 fully saturated rings. The van der Waals surface area contributed by atoms with Crippen molar-refractivity contribution < 1.29 is 14.6 Å².